The Morgan fingerprint density at radius 1 is 1.03 bits per heavy atom. The zero-order valence-corrected chi connectivity index (χ0v) is 22.6. The van der Waals surface area contributed by atoms with Crippen molar-refractivity contribution in [3.8, 4) is 5.75 Å². The molecular formula is C28H39N3O5. The van der Waals surface area contributed by atoms with Gasteiger partial charge in [-0.2, -0.15) is 0 Å². The van der Waals surface area contributed by atoms with E-state index in [1.165, 1.54) is 4.90 Å². The third kappa shape index (κ3) is 8.00. The monoisotopic (exact) mass is 497 g/mol. The number of amides is 3. The van der Waals surface area contributed by atoms with E-state index >= 15 is 0 Å². The number of alkyl carbamates (subject to hydrolysis) is 1. The van der Waals surface area contributed by atoms with E-state index in [4.69, 9.17) is 9.47 Å². The molecule has 36 heavy (non-hydrogen) atoms. The van der Waals surface area contributed by atoms with Crippen molar-refractivity contribution in [2.75, 3.05) is 19.0 Å². The number of carbonyl (C=O) groups excluding carboxylic acids is 3. The molecule has 0 heterocycles. The van der Waals surface area contributed by atoms with Crippen molar-refractivity contribution in [2.24, 2.45) is 0 Å². The zero-order chi connectivity index (χ0) is 27.0. The summed E-state index contributed by atoms with van der Waals surface area (Å²) < 4.78 is 10.5. The first kappa shape index (κ1) is 28.7. The minimum atomic E-state index is -0.900. The topological polar surface area (TPSA) is 97.0 Å². The van der Waals surface area contributed by atoms with Gasteiger partial charge in [0.2, 0.25) is 5.91 Å². The molecule has 0 saturated heterocycles. The van der Waals surface area contributed by atoms with E-state index in [0.717, 1.165) is 16.7 Å². The van der Waals surface area contributed by atoms with Crippen LogP contribution in [0.4, 0.5) is 10.5 Å². The molecule has 8 heteroatoms. The average Bonchev–Trinajstić information content (AvgIpc) is 2.78. The number of nitrogens with one attached hydrogen (secondary N) is 2. The van der Waals surface area contributed by atoms with Crippen LogP contribution in [0, 0.1) is 13.8 Å². The van der Waals surface area contributed by atoms with Crippen LogP contribution < -0.4 is 15.4 Å². The number of hydrogen-bond donors (Lipinski definition) is 2. The molecule has 196 valence electrons. The molecule has 2 aromatic carbocycles. The molecule has 0 aliphatic heterocycles. The first-order chi connectivity index (χ1) is 16.9. The number of aryl methyl sites for hydroxylation is 2. The second-order valence-electron chi connectivity index (χ2n) is 9.88. The maximum atomic E-state index is 13.7. The molecule has 2 rings (SSSR count). The van der Waals surface area contributed by atoms with E-state index < -0.39 is 23.8 Å². The van der Waals surface area contributed by atoms with Crippen molar-refractivity contribution in [3.63, 3.8) is 0 Å². The van der Waals surface area contributed by atoms with Crippen molar-refractivity contribution in [2.45, 2.75) is 72.6 Å². The van der Waals surface area contributed by atoms with Crippen LogP contribution in [-0.4, -0.2) is 48.1 Å². The van der Waals surface area contributed by atoms with Crippen LogP contribution in [0.25, 0.3) is 0 Å². The highest BCUT2D eigenvalue weighted by atomic mass is 16.6. The minimum Gasteiger partial charge on any atom is -0.497 e. The zero-order valence-electron chi connectivity index (χ0n) is 22.6. The Labute approximate surface area is 214 Å². The van der Waals surface area contributed by atoms with Crippen LogP contribution in [0.5, 0.6) is 5.75 Å². The van der Waals surface area contributed by atoms with Gasteiger partial charge in [-0.15, -0.1) is 0 Å². The Hall–Kier alpha value is -3.55. The van der Waals surface area contributed by atoms with Gasteiger partial charge in [-0.3, -0.25) is 9.59 Å². The largest absolute Gasteiger partial charge is 0.497 e. The molecule has 0 aromatic heterocycles. The SMILES string of the molecule is CCCN(C(=O)C(C)NC(=O)OC(C)(C)C)C(C(=O)Nc1ccc(OC)cc1)c1ccc(C)cc1C. The molecule has 0 radical (unpaired) electrons. The smallest absolute Gasteiger partial charge is 0.408 e. The first-order valence-electron chi connectivity index (χ1n) is 12.2. The van der Waals surface area contributed by atoms with Crippen LogP contribution in [-0.2, 0) is 14.3 Å². The van der Waals surface area contributed by atoms with Gasteiger partial charge in [0.05, 0.1) is 7.11 Å². The van der Waals surface area contributed by atoms with E-state index in [0.29, 0.717) is 24.4 Å². The van der Waals surface area contributed by atoms with Gasteiger partial charge in [-0.1, -0.05) is 30.7 Å². The summed E-state index contributed by atoms with van der Waals surface area (Å²) in [6.07, 6.45) is -0.0622. The quantitative estimate of drug-likeness (QED) is 0.500. The van der Waals surface area contributed by atoms with E-state index in [1.54, 1.807) is 59.1 Å². The predicted molar refractivity (Wildman–Crippen MR) is 141 cm³/mol. The normalized spacial score (nSPS) is 12.8. The van der Waals surface area contributed by atoms with Crippen LogP contribution in [0.1, 0.15) is 63.8 Å². The highest BCUT2D eigenvalue weighted by Gasteiger charge is 2.35. The van der Waals surface area contributed by atoms with Gasteiger partial charge >= 0.3 is 6.09 Å². The molecule has 0 aliphatic rings. The Morgan fingerprint density at radius 2 is 1.67 bits per heavy atom. The second-order valence-corrected chi connectivity index (χ2v) is 9.88. The fourth-order valence-corrected chi connectivity index (χ4v) is 3.87. The summed E-state index contributed by atoms with van der Waals surface area (Å²) in [4.78, 5) is 41.2. The van der Waals surface area contributed by atoms with Crippen molar-refractivity contribution < 1.29 is 23.9 Å². The Kier molecular flexibility index (Phi) is 9.90. The van der Waals surface area contributed by atoms with Crippen molar-refractivity contribution in [1.29, 1.82) is 0 Å². The number of nitrogens with zero attached hydrogens (tertiary/aromatic N) is 1. The highest BCUT2D eigenvalue weighted by molar-refractivity contribution is 5.99. The van der Waals surface area contributed by atoms with Gasteiger partial charge in [0, 0.05) is 12.2 Å². The third-order valence-electron chi connectivity index (χ3n) is 5.49. The van der Waals surface area contributed by atoms with Crippen LogP contribution in [0.15, 0.2) is 42.5 Å². The van der Waals surface area contributed by atoms with Gasteiger partial charge < -0.3 is 25.0 Å². The van der Waals surface area contributed by atoms with Crippen LogP contribution in [0.2, 0.25) is 0 Å². The lowest BCUT2D eigenvalue weighted by molar-refractivity contribution is -0.140. The molecule has 2 atom stereocenters. The summed E-state index contributed by atoms with van der Waals surface area (Å²) >= 11 is 0. The molecule has 2 aromatic rings. The molecule has 3 amide bonds. The Balaban J connectivity index is 2.42. The summed E-state index contributed by atoms with van der Waals surface area (Å²) in [5.74, 6) is -0.0558. The van der Waals surface area contributed by atoms with E-state index in [9.17, 15) is 14.4 Å². The number of carbonyl (C=O) groups is 3. The highest BCUT2D eigenvalue weighted by Crippen LogP contribution is 2.28. The number of ether oxygens (including phenoxy) is 2. The lowest BCUT2D eigenvalue weighted by Crippen LogP contribution is -2.51. The Morgan fingerprint density at radius 3 is 2.19 bits per heavy atom. The molecule has 0 bridgehead atoms. The maximum Gasteiger partial charge on any atom is 0.408 e. The number of hydrogen-bond acceptors (Lipinski definition) is 5. The van der Waals surface area contributed by atoms with Gasteiger partial charge in [-0.25, -0.2) is 4.79 Å². The number of rotatable bonds is 9. The molecule has 2 unspecified atom stereocenters. The number of anilines is 1. The molecule has 0 aliphatic carbocycles. The lowest BCUT2D eigenvalue weighted by atomic mass is 9.96. The standard InChI is InChI=1S/C28H39N3O5/c1-9-16-31(26(33)20(4)29-27(34)36-28(5,6)7)24(23-15-10-18(2)17-19(23)3)25(32)30-21-11-13-22(35-8)14-12-21/h10-15,17,20,24H,9,16H2,1-8H3,(H,29,34)(H,30,32). The van der Waals surface area contributed by atoms with Crippen LogP contribution in [0.3, 0.4) is 0 Å². The predicted octanol–water partition coefficient (Wildman–Crippen LogP) is 5.14. The molecule has 0 saturated carbocycles. The van der Waals surface area contributed by atoms with Crippen molar-refractivity contribution >= 4 is 23.6 Å². The van der Waals surface area contributed by atoms with Crippen molar-refractivity contribution in [1.82, 2.24) is 10.2 Å². The average molecular weight is 498 g/mol. The number of methoxy groups -OCH3 is 1. The van der Waals surface area contributed by atoms with E-state index in [-0.39, 0.29) is 11.8 Å². The summed E-state index contributed by atoms with van der Waals surface area (Å²) in [5, 5.41) is 5.55. The second kappa shape index (κ2) is 12.4. The fourth-order valence-electron chi connectivity index (χ4n) is 3.87. The van der Waals surface area contributed by atoms with E-state index in [2.05, 4.69) is 10.6 Å². The van der Waals surface area contributed by atoms with E-state index in [1.807, 2.05) is 39.0 Å². The third-order valence-corrected chi connectivity index (χ3v) is 5.49. The minimum absolute atomic E-state index is 0.327. The molecular weight excluding hydrogens is 458 g/mol. The maximum absolute atomic E-state index is 13.7. The van der Waals surface area contributed by atoms with Crippen molar-refractivity contribution in [3.05, 3.63) is 59.2 Å². The molecule has 0 spiro atoms. The van der Waals surface area contributed by atoms with Gasteiger partial charge in [0.15, 0.2) is 0 Å². The lowest BCUT2D eigenvalue weighted by Gasteiger charge is -2.34. The van der Waals surface area contributed by atoms with Crippen LogP contribution >= 0.6 is 0 Å². The Bertz CT molecular complexity index is 1060. The summed E-state index contributed by atoms with van der Waals surface area (Å²) in [7, 11) is 1.57. The van der Waals surface area contributed by atoms with Gasteiger partial charge in [0.1, 0.15) is 23.4 Å². The summed E-state index contributed by atoms with van der Waals surface area (Å²) in [6.45, 7) is 13.0. The van der Waals surface area contributed by atoms with Gasteiger partial charge in [0.25, 0.3) is 5.91 Å². The summed E-state index contributed by atoms with van der Waals surface area (Å²) in [6, 6.07) is 11.0. The fraction of sp³-hybridized carbons (Fsp3) is 0.464. The molecule has 0 fully saturated rings. The number of benzene rings is 2. The molecule has 2 N–H and O–H groups in total. The van der Waals surface area contributed by atoms with Gasteiger partial charge in [-0.05, 0) is 83.4 Å². The first-order valence-corrected chi connectivity index (χ1v) is 12.2. The summed E-state index contributed by atoms with van der Waals surface area (Å²) in [5.41, 5.74) is 2.55. The molecule has 8 nitrogen and oxygen atoms in total.